The highest BCUT2D eigenvalue weighted by Gasteiger charge is 2.31. The minimum Gasteiger partial charge on any atom is -0.494 e. The Morgan fingerprint density at radius 1 is 1.14 bits per heavy atom. The topological polar surface area (TPSA) is 32.8 Å². The zero-order valence-corrected chi connectivity index (χ0v) is 13.5. The Morgan fingerprint density at radius 3 is 2.55 bits per heavy atom. The smallest absolute Gasteiger partial charge is 0.254 e. The van der Waals surface area contributed by atoms with Crippen LogP contribution in [0.15, 0.2) is 24.3 Å². The third-order valence-electron chi connectivity index (χ3n) is 4.72. The van der Waals surface area contributed by atoms with Gasteiger partial charge in [-0.3, -0.25) is 4.79 Å². The zero-order chi connectivity index (χ0) is 15.4. The van der Waals surface area contributed by atoms with Crippen molar-refractivity contribution in [1.29, 1.82) is 0 Å². The summed E-state index contributed by atoms with van der Waals surface area (Å²) in [4.78, 5) is 17.4. The molecule has 22 heavy (non-hydrogen) atoms. The number of likely N-dealkylation sites (tertiary alicyclic amines) is 2. The van der Waals surface area contributed by atoms with Crippen molar-refractivity contribution in [3.8, 4) is 5.75 Å². The van der Waals surface area contributed by atoms with E-state index in [4.69, 9.17) is 4.74 Å². The van der Waals surface area contributed by atoms with Gasteiger partial charge in [-0.1, -0.05) is 0 Å². The van der Waals surface area contributed by atoms with E-state index in [1.54, 1.807) is 0 Å². The number of hydrogen-bond donors (Lipinski definition) is 0. The van der Waals surface area contributed by atoms with Gasteiger partial charge in [0.15, 0.2) is 0 Å². The van der Waals surface area contributed by atoms with Crippen LogP contribution < -0.4 is 4.74 Å². The van der Waals surface area contributed by atoms with E-state index in [0.717, 1.165) is 37.2 Å². The molecule has 2 fully saturated rings. The molecule has 0 bridgehead atoms. The Kier molecular flexibility index (Phi) is 4.98. The van der Waals surface area contributed by atoms with Gasteiger partial charge in [0, 0.05) is 24.7 Å². The van der Waals surface area contributed by atoms with Crippen LogP contribution in [0.5, 0.6) is 5.75 Å². The lowest BCUT2D eigenvalue weighted by atomic mass is 10.1. The Balaban J connectivity index is 1.64. The van der Waals surface area contributed by atoms with Gasteiger partial charge in [-0.05, 0) is 70.0 Å². The fraction of sp³-hybridized carbons (Fsp3) is 0.611. The predicted octanol–water partition coefficient (Wildman–Crippen LogP) is 2.79. The van der Waals surface area contributed by atoms with Crippen molar-refractivity contribution in [2.24, 2.45) is 0 Å². The Labute approximate surface area is 133 Å². The molecule has 0 spiro atoms. The third-order valence-corrected chi connectivity index (χ3v) is 4.72. The van der Waals surface area contributed by atoms with E-state index in [0.29, 0.717) is 12.6 Å². The van der Waals surface area contributed by atoms with Crippen molar-refractivity contribution in [1.82, 2.24) is 9.80 Å². The lowest BCUT2D eigenvalue weighted by molar-refractivity contribution is 0.0709. The molecule has 1 aromatic carbocycles. The SMILES string of the molecule is CCOc1ccc(C(=O)N2CCC[C@@H]2CN2CCCC2)cc1. The highest BCUT2D eigenvalue weighted by molar-refractivity contribution is 5.94. The van der Waals surface area contributed by atoms with Crippen LogP contribution in [0.25, 0.3) is 0 Å². The number of amides is 1. The van der Waals surface area contributed by atoms with Crippen molar-refractivity contribution in [2.45, 2.75) is 38.6 Å². The van der Waals surface area contributed by atoms with Crippen molar-refractivity contribution >= 4 is 5.91 Å². The zero-order valence-electron chi connectivity index (χ0n) is 13.5. The van der Waals surface area contributed by atoms with Crippen LogP contribution in [0, 0.1) is 0 Å². The van der Waals surface area contributed by atoms with E-state index in [2.05, 4.69) is 9.80 Å². The van der Waals surface area contributed by atoms with Crippen LogP contribution in [0.4, 0.5) is 0 Å². The third kappa shape index (κ3) is 3.43. The first kappa shape index (κ1) is 15.3. The number of carbonyl (C=O) groups is 1. The molecule has 1 atom stereocenters. The van der Waals surface area contributed by atoms with E-state index in [-0.39, 0.29) is 5.91 Å². The summed E-state index contributed by atoms with van der Waals surface area (Å²) in [5.74, 6) is 0.999. The number of hydrogen-bond acceptors (Lipinski definition) is 3. The quantitative estimate of drug-likeness (QED) is 0.838. The molecule has 2 aliphatic rings. The maximum absolute atomic E-state index is 12.8. The molecule has 0 radical (unpaired) electrons. The van der Waals surface area contributed by atoms with Crippen LogP contribution in [0.1, 0.15) is 43.0 Å². The summed E-state index contributed by atoms with van der Waals surface area (Å²) in [7, 11) is 0. The van der Waals surface area contributed by atoms with Crippen molar-refractivity contribution in [3.05, 3.63) is 29.8 Å². The molecule has 2 heterocycles. The highest BCUT2D eigenvalue weighted by Crippen LogP contribution is 2.23. The van der Waals surface area contributed by atoms with E-state index in [1.165, 1.54) is 25.9 Å². The number of nitrogens with zero attached hydrogens (tertiary/aromatic N) is 2. The molecule has 3 rings (SSSR count). The van der Waals surface area contributed by atoms with E-state index in [1.807, 2.05) is 31.2 Å². The maximum atomic E-state index is 12.8. The molecule has 4 nitrogen and oxygen atoms in total. The minimum atomic E-state index is 0.171. The van der Waals surface area contributed by atoms with E-state index < -0.39 is 0 Å². The number of ether oxygens (including phenoxy) is 1. The molecule has 1 aromatic rings. The van der Waals surface area contributed by atoms with Gasteiger partial charge in [0.2, 0.25) is 0 Å². The second-order valence-electron chi connectivity index (χ2n) is 6.26. The van der Waals surface area contributed by atoms with Crippen LogP contribution >= 0.6 is 0 Å². The maximum Gasteiger partial charge on any atom is 0.254 e. The normalized spacial score (nSPS) is 22.2. The lowest BCUT2D eigenvalue weighted by Gasteiger charge is -2.28. The molecule has 4 heteroatoms. The first-order chi connectivity index (χ1) is 10.8. The van der Waals surface area contributed by atoms with Gasteiger partial charge in [0.25, 0.3) is 5.91 Å². The van der Waals surface area contributed by atoms with Crippen molar-refractivity contribution in [3.63, 3.8) is 0 Å². The Hall–Kier alpha value is -1.55. The van der Waals surface area contributed by atoms with Crippen LogP contribution in [0.2, 0.25) is 0 Å². The number of rotatable bonds is 5. The monoisotopic (exact) mass is 302 g/mol. The van der Waals surface area contributed by atoms with Crippen LogP contribution in [-0.4, -0.2) is 54.5 Å². The molecule has 2 saturated heterocycles. The molecule has 0 N–H and O–H groups in total. The van der Waals surface area contributed by atoms with Gasteiger partial charge in [0.1, 0.15) is 5.75 Å². The summed E-state index contributed by atoms with van der Waals surface area (Å²) in [5, 5.41) is 0. The summed E-state index contributed by atoms with van der Waals surface area (Å²) in [6.45, 7) is 6.94. The van der Waals surface area contributed by atoms with Gasteiger partial charge in [-0.15, -0.1) is 0 Å². The van der Waals surface area contributed by atoms with Crippen molar-refractivity contribution < 1.29 is 9.53 Å². The molecular weight excluding hydrogens is 276 g/mol. The molecule has 0 unspecified atom stereocenters. The number of carbonyl (C=O) groups excluding carboxylic acids is 1. The fourth-order valence-electron chi connectivity index (χ4n) is 3.58. The Morgan fingerprint density at radius 2 is 1.86 bits per heavy atom. The summed E-state index contributed by atoms with van der Waals surface area (Å²) in [6.07, 6.45) is 4.87. The minimum absolute atomic E-state index is 0.171. The first-order valence-electron chi connectivity index (χ1n) is 8.54. The average molecular weight is 302 g/mol. The van der Waals surface area contributed by atoms with Crippen LogP contribution in [-0.2, 0) is 0 Å². The largest absolute Gasteiger partial charge is 0.494 e. The van der Waals surface area contributed by atoms with E-state index in [9.17, 15) is 4.79 Å². The molecule has 2 aliphatic heterocycles. The lowest BCUT2D eigenvalue weighted by Crippen LogP contribution is -2.42. The second-order valence-corrected chi connectivity index (χ2v) is 6.26. The van der Waals surface area contributed by atoms with E-state index >= 15 is 0 Å². The van der Waals surface area contributed by atoms with Gasteiger partial charge in [-0.25, -0.2) is 0 Å². The van der Waals surface area contributed by atoms with Crippen molar-refractivity contribution in [2.75, 3.05) is 32.8 Å². The fourth-order valence-corrected chi connectivity index (χ4v) is 3.58. The molecule has 120 valence electrons. The average Bonchev–Trinajstić information content (AvgIpc) is 3.20. The molecule has 0 aromatic heterocycles. The van der Waals surface area contributed by atoms with Gasteiger partial charge in [0.05, 0.1) is 6.61 Å². The summed E-state index contributed by atoms with van der Waals surface area (Å²) in [5.41, 5.74) is 0.775. The molecule has 1 amide bonds. The molecule has 0 aliphatic carbocycles. The van der Waals surface area contributed by atoms with Gasteiger partial charge in [-0.2, -0.15) is 0 Å². The Bertz CT molecular complexity index is 494. The molecule has 0 saturated carbocycles. The van der Waals surface area contributed by atoms with Crippen LogP contribution in [0.3, 0.4) is 0 Å². The molecular formula is C18H26N2O2. The second kappa shape index (κ2) is 7.14. The summed E-state index contributed by atoms with van der Waals surface area (Å²) in [6, 6.07) is 7.94. The highest BCUT2D eigenvalue weighted by atomic mass is 16.5. The summed E-state index contributed by atoms with van der Waals surface area (Å²) < 4.78 is 5.44. The number of benzene rings is 1. The standard InChI is InChI=1S/C18H26N2O2/c1-2-22-17-9-7-15(8-10-17)18(21)20-13-5-6-16(20)14-19-11-3-4-12-19/h7-10,16H,2-6,11-14H2,1H3/t16-/m1/s1. The van der Waals surface area contributed by atoms with Gasteiger partial charge >= 0.3 is 0 Å². The predicted molar refractivity (Wildman–Crippen MR) is 87.3 cm³/mol. The summed E-state index contributed by atoms with van der Waals surface area (Å²) >= 11 is 0. The van der Waals surface area contributed by atoms with Gasteiger partial charge < -0.3 is 14.5 Å². The first-order valence-corrected chi connectivity index (χ1v) is 8.54.